The number of hydrogen-bond acceptors (Lipinski definition) is 2. The summed E-state index contributed by atoms with van der Waals surface area (Å²) in [6.07, 6.45) is 4.64. The lowest BCUT2D eigenvalue weighted by Crippen LogP contribution is -2.37. The Morgan fingerprint density at radius 3 is 2.00 bits per heavy atom. The van der Waals surface area contributed by atoms with Gasteiger partial charge in [-0.3, -0.25) is 0 Å². The first kappa shape index (κ1) is 17.9. The molecule has 0 N–H and O–H groups in total. The topological polar surface area (TPSA) is 12.5 Å². The Balaban J connectivity index is 1.64. The van der Waals surface area contributed by atoms with E-state index in [0.717, 1.165) is 49.2 Å². The van der Waals surface area contributed by atoms with Crippen molar-refractivity contribution in [2.75, 3.05) is 26.3 Å². The zero-order valence-electron chi connectivity index (χ0n) is 14.7. The first-order chi connectivity index (χ1) is 12.7. The average molecular weight is 388 g/mol. The van der Waals surface area contributed by atoms with Crippen LogP contribution in [0.2, 0.25) is 10.0 Å². The van der Waals surface area contributed by atoms with Crippen LogP contribution in [-0.4, -0.2) is 31.2 Å². The molecule has 4 heteroatoms. The molecule has 26 heavy (non-hydrogen) atoms. The molecular formula is C22H23Cl2NO. The zero-order valence-corrected chi connectivity index (χ0v) is 16.2. The lowest BCUT2D eigenvalue weighted by molar-refractivity contribution is 0.0505. The average Bonchev–Trinajstić information content (AvgIpc) is 2.69. The third-order valence-electron chi connectivity index (χ3n) is 5.44. The maximum atomic E-state index is 6.09. The number of benzene rings is 2. The van der Waals surface area contributed by atoms with Crippen molar-refractivity contribution in [2.45, 2.75) is 24.7 Å². The Morgan fingerprint density at radius 2 is 1.38 bits per heavy atom. The highest BCUT2D eigenvalue weighted by Crippen LogP contribution is 2.41. The van der Waals surface area contributed by atoms with Gasteiger partial charge in [-0.15, -0.1) is 0 Å². The standard InChI is InChI=1S/C22H23Cl2NO/c23-20-5-1-16(2-6-20)18-13-19(17-3-7-21(24)8-4-17)15-22(14-18)25-9-11-26-12-10-25/h1-8,14,18-19H,9-13,15H2. The van der Waals surface area contributed by atoms with Crippen molar-refractivity contribution in [3.8, 4) is 0 Å². The first-order valence-corrected chi connectivity index (χ1v) is 9.99. The Hall–Kier alpha value is -1.48. The number of morpholine rings is 1. The molecule has 136 valence electrons. The van der Waals surface area contributed by atoms with Gasteiger partial charge in [-0.2, -0.15) is 0 Å². The van der Waals surface area contributed by atoms with Gasteiger partial charge in [0.25, 0.3) is 0 Å². The molecule has 1 aliphatic carbocycles. The summed E-state index contributed by atoms with van der Waals surface area (Å²) in [7, 11) is 0. The summed E-state index contributed by atoms with van der Waals surface area (Å²) in [4.78, 5) is 2.49. The van der Waals surface area contributed by atoms with Crippen LogP contribution < -0.4 is 0 Å². The van der Waals surface area contributed by atoms with E-state index >= 15 is 0 Å². The molecule has 1 fully saturated rings. The van der Waals surface area contributed by atoms with Gasteiger partial charge in [0.05, 0.1) is 13.2 Å². The zero-order chi connectivity index (χ0) is 17.9. The quantitative estimate of drug-likeness (QED) is 0.652. The largest absolute Gasteiger partial charge is 0.378 e. The van der Waals surface area contributed by atoms with Gasteiger partial charge in [0.15, 0.2) is 0 Å². The molecule has 2 aromatic rings. The van der Waals surface area contributed by atoms with Gasteiger partial charge >= 0.3 is 0 Å². The molecule has 1 saturated heterocycles. The molecule has 2 nitrogen and oxygen atoms in total. The van der Waals surface area contributed by atoms with Crippen LogP contribution >= 0.6 is 23.2 Å². The molecule has 2 aliphatic rings. The summed E-state index contributed by atoms with van der Waals surface area (Å²) in [5.41, 5.74) is 4.14. The van der Waals surface area contributed by atoms with Crippen LogP contribution in [0.3, 0.4) is 0 Å². The Kier molecular flexibility index (Phi) is 5.54. The van der Waals surface area contributed by atoms with Crippen LogP contribution in [0.15, 0.2) is 60.3 Å². The predicted molar refractivity (Wildman–Crippen MR) is 108 cm³/mol. The second kappa shape index (κ2) is 8.04. The van der Waals surface area contributed by atoms with Gasteiger partial charge in [0.2, 0.25) is 0 Å². The molecule has 2 unspecified atom stereocenters. The minimum absolute atomic E-state index is 0.402. The fourth-order valence-corrected chi connectivity index (χ4v) is 4.28. The third-order valence-corrected chi connectivity index (χ3v) is 5.95. The lowest BCUT2D eigenvalue weighted by Gasteiger charge is -2.37. The van der Waals surface area contributed by atoms with Crippen molar-refractivity contribution in [3.05, 3.63) is 81.5 Å². The van der Waals surface area contributed by atoms with E-state index < -0.39 is 0 Å². The van der Waals surface area contributed by atoms with Crippen molar-refractivity contribution >= 4 is 23.2 Å². The Morgan fingerprint density at radius 1 is 0.808 bits per heavy atom. The van der Waals surface area contributed by atoms with Gasteiger partial charge in [0, 0.05) is 34.7 Å². The summed E-state index contributed by atoms with van der Waals surface area (Å²) in [5.74, 6) is 0.898. The van der Waals surface area contributed by atoms with Crippen molar-refractivity contribution in [1.82, 2.24) is 4.90 Å². The second-order valence-corrected chi connectivity index (χ2v) is 7.98. The fourth-order valence-electron chi connectivity index (χ4n) is 4.03. The van der Waals surface area contributed by atoms with Gasteiger partial charge < -0.3 is 9.64 Å². The summed E-state index contributed by atoms with van der Waals surface area (Å²) >= 11 is 12.2. The predicted octanol–water partition coefficient (Wildman–Crippen LogP) is 5.87. The number of nitrogens with zero attached hydrogens (tertiary/aromatic N) is 1. The van der Waals surface area contributed by atoms with Crippen LogP contribution in [0.5, 0.6) is 0 Å². The molecule has 2 atom stereocenters. The number of allylic oxidation sites excluding steroid dienone is 2. The highest BCUT2D eigenvalue weighted by molar-refractivity contribution is 6.30. The summed E-state index contributed by atoms with van der Waals surface area (Å²) < 4.78 is 5.54. The van der Waals surface area contributed by atoms with E-state index in [0.29, 0.717) is 11.8 Å². The van der Waals surface area contributed by atoms with E-state index in [9.17, 15) is 0 Å². The van der Waals surface area contributed by atoms with Crippen LogP contribution in [0.4, 0.5) is 0 Å². The minimum Gasteiger partial charge on any atom is -0.378 e. The van der Waals surface area contributed by atoms with Gasteiger partial charge in [-0.25, -0.2) is 0 Å². The number of hydrogen-bond donors (Lipinski definition) is 0. The van der Waals surface area contributed by atoms with Gasteiger partial charge in [-0.05, 0) is 54.2 Å². The summed E-state index contributed by atoms with van der Waals surface area (Å²) in [6.45, 7) is 3.59. The summed E-state index contributed by atoms with van der Waals surface area (Å²) in [6, 6.07) is 16.6. The molecule has 0 bridgehead atoms. The van der Waals surface area contributed by atoms with Crippen LogP contribution in [-0.2, 0) is 4.74 Å². The maximum Gasteiger partial charge on any atom is 0.0642 e. The van der Waals surface area contributed by atoms with E-state index in [1.165, 1.54) is 16.8 Å². The van der Waals surface area contributed by atoms with Crippen molar-refractivity contribution in [3.63, 3.8) is 0 Å². The fraction of sp³-hybridized carbons (Fsp3) is 0.364. The van der Waals surface area contributed by atoms with Crippen LogP contribution in [0, 0.1) is 0 Å². The lowest BCUT2D eigenvalue weighted by atomic mass is 9.77. The first-order valence-electron chi connectivity index (χ1n) is 9.23. The minimum atomic E-state index is 0.402. The van der Waals surface area contributed by atoms with E-state index in [1.807, 2.05) is 24.3 Å². The van der Waals surface area contributed by atoms with Crippen molar-refractivity contribution < 1.29 is 4.74 Å². The van der Waals surface area contributed by atoms with E-state index in [4.69, 9.17) is 27.9 Å². The molecule has 1 heterocycles. The molecule has 0 aromatic heterocycles. The van der Waals surface area contributed by atoms with E-state index in [1.54, 1.807) is 0 Å². The number of ether oxygens (including phenoxy) is 1. The van der Waals surface area contributed by atoms with E-state index in [-0.39, 0.29) is 0 Å². The van der Waals surface area contributed by atoms with Crippen molar-refractivity contribution in [2.24, 2.45) is 0 Å². The third kappa shape index (κ3) is 4.09. The Labute approximate surface area is 165 Å². The van der Waals surface area contributed by atoms with Crippen LogP contribution in [0.25, 0.3) is 0 Å². The molecule has 4 rings (SSSR count). The second-order valence-electron chi connectivity index (χ2n) is 7.10. The molecule has 0 radical (unpaired) electrons. The molecular weight excluding hydrogens is 365 g/mol. The molecule has 2 aromatic carbocycles. The molecule has 0 amide bonds. The monoisotopic (exact) mass is 387 g/mol. The normalized spacial score (nSPS) is 23.6. The highest BCUT2D eigenvalue weighted by Gasteiger charge is 2.28. The Bertz CT molecular complexity index is 764. The van der Waals surface area contributed by atoms with Crippen LogP contribution in [0.1, 0.15) is 35.8 Å². The molecule has 0 spiro atoms. The van der Waals surface area contributed by atoms with Gasteiger partial charge in [0.1, 0.15) is 0 Å². The smallest absolute Gasteiger partial charge is 0.0642 e. The SMILES string of the molecule is Clc1ccc(C2C=C(N3CCOCC3)CC(c3ccc(Cl)cc3)C2)cc1. The highest BCUT2D eigenvalue weighted by atomic mass is 35.5. The van der Waals surface area contributed by atoms with Gasteiger partial charge in [-0.1, -0.05) is 53.5 Å². The maximum absolute atomic E-state index is 6.09. The van der Waals surface area contributed by atoms with Crippen molar-refractivity contribution in [1.29, 1.82) is 0 Å². The number of halogens is 2. The van der Waals surface area contributed by atoms with E-state index in [2.05, 4.69) is 35.2 Å². The summed E-state index contributed by atoms with van der Waals surface area (Å²) in [5, 5.41) is 1.58. The molecule has 0 saturated carbocycles. The molecule has 1 aliphatic heterocycles. The number of rotatable bonds is 3.